The Morgan fingerprint density at radius 1 is 0.875 bits per heavy atom. The molecule has 1 aliphatic heterocycles. The summed E-state index contributed by atoms with van der Waals surface area (Å²) in [7, 11) is 1.67. The Labute approximate surface area is 144 Å². The first-order chi connectivity index (χ1) is 11.8. The Balaban J connectivity index is 1.43. The van der Waals surface area contributed by atoms with Crippen molar-refractivity contribution in [2.24, 2.45) is 0 Å². The van der Waals surface area contributed by atoms with E-state index >= 15 is 0 Å². The standard InChI is InChI=1S/C20H26N2O2/c1-23-19-6-8-20(9-7-19)24-15-10-17-2-4-18(5-3-17)16-22-13-11-21-12-14-22/h2-9,21H,10-16H2,1H3. The number of hydrogen-bond acceptors (Lipinski definition) is 4. The third-order valence-electron chi connectivity index (χ3n) is 4.36. The van der Waals surface area contributed by atoms with Gasteiger partial charge in [-0.1, -0.05) is 24.3 Å². The molecule has 24 heavy (non-hydrogen) atoms. The van der Waals surface area contributed by atoms with E-state index in [9.17, 15) is 0 Å². The fraction of sp³-hybridized carbons (Fsp3) is 0.400. The summed E-state index contributed by atoms with van der Waals surface area (Å²) in [5, 5.41) is 3.39. The van der Waals surface area contributed by atoms with E-state index in [0.717, 1.165) is 50.6 Å². The first-order valence-electron chi connectivity index (χ1n) is 8.61. The van der Waals surface area contributed by atoms with Gasteiger partial charge in [0.2, 0.25) is 0 Å². The fourth-order valence-corrected chi connectivity index (χ4v) is 2.90. The summed E-state index contributed by atoms with van der Waals surface area (Å²) in [6.07, 6.45) is 0.917. The highest BCUT2D eigenvalue weighted by Gasteiger charge is 2.09. The van der Waals surface area contributed by atoms with Crippen molar-refractivity contribution in [1.82, 2.24) is 10.2 Å². The van der Waals surface area contributed by atoms with E-state index < -0.39 is 0 Å². The molecule has 3 rings (SSSR count). The van der Waals surface area contributed by atoms with Crippen molar-refractivity contribution in [2.75, 3.05) is 39.9 Å². The molecule has 4 nitrogen and oxygen atoms in total. The van der Waals surface area contributed by atoms with Crippen molar-refractivity contribution in [3.63, 3.8) is 0 Å². The van der Waals surface area contributed by atoms with E-state index in [1.54, 1.807) is 7.11 Å². The Kier molecular flexibility index (Phi) is 6.10. The van der Waals surface area contributed by atoms with Gasteiger partial charge < -0.3 is 14.8 Å². The second kappa shape index (κ2) is 8.71. The summed E-state index contributed by atoms with van der Waals surface area (Å²) in [6.45, 7) is 6.20. The summed E-state index contributed by atoms with van der Waals surface area (Å²) in [4.78, 5) is 2.50. The van der Waals surface area contributed by atoms with Gasteiger partial charge in [0.15, 0.2) is 0 Å². The fourth-order valence-electron chi connectivity index (χ4n) is 2.90. The van der Waals surface area contributed by atoms with Crippen LogP contribution in [0.3, 0.4) is 0 Å². The molecule has 0 radical (unpaired) electrons. The Bertz CT molecular complexity index is 605. The second-order valence-electron chi connectivity index (χ2n) is 6.12. The van der Waals surface area contributed by atoms with Gasteiger partial charge >= 0.3 is 0 Å². The van der Waals surface area contributed by atoms with Crippen LogP contribution >= 0.6 is 0 Å². The molecule has 1 fully saturated rings. The lowest BCUT2D eigenvalue weighted by Gasteiger charge is -2.27. The molecule has 0 saturated carbocycles. The van der Waals surface area contributed by atoms with Crippen LogP contribution in [0.1, 0.15) is 11.1 Å². The maximum absolute atomic E-state index is 5.79. The molecule has 0 atom stereocenters. The monoisotopic (exact) mass is 326 g/mol. The molecule has 0 amide bonds. The Hall–Kier alpha value is -2.04. The molecular weight excluding hydrogens is 300 g/mol. The van der Waals surface area contributed by atoms with Crippen molar-refractivity contribution in [3.05, 3.63) is 59.7 Å². The number of nitrogens with one attached hydrogen (secondary N) is 1. The maximum atomic E-state index is 5.79. The molecule has 0 bridgehead atoms. The molecule has 0 aromatic heterocycles. The van der Waals surface area contributed by atoms with E-state index in [1.807, 2.05) is 24.3 Å². The normalized spacial score (nSPS) is 15.2. The second-order valence-corrected chi connectivity index (χ2v) is 6.12. The number of benzene rings is 2. The van der Waals surface area contributed by atoms with E-state index in [1.165, 1.54) is 11.1 Å². The average Bonchev–Trinajstić information content (AvgIpc) is 2.65. The molecule has 0 spiro atoms. The summed E-state index contributed by atoms with van der Waals surface area (Å²) < 4.78 is 10.9. The SMILES string of the molecule is COc1ccc(OCCc2ccc(CN3CCNCC3)cc2)cc1. The predicted octanol–water partition coefficient (Wildman–Crippen LogP) is 2.72. The summed E-state index contributed by atoms with van der Waals surface area (Å²) in [5.41, 5.74) is 2.70. The lowest BCUT2D eigenvalue weighted by atomic mass is 10.1. The van der Waals surface area contributed by atoms with Crippen molar-refractivity contribution in [2.45, 2.75) is 13.0 Å². The molecule has 0 unspecified atom stereocenters. The van der Waals surface area contributed by atoms with Gasteiger partial charge in [0.25, 0.3) is 0 Å². The van der Waals surface area contributed by atoms with Crippen LogP contribution in [0.25, 0.3) is 0 Å². The highest BCUT2D eigenvalue weighted by Crippen LogP contribution is 2.17. The van der Waals surface area contributed by atoms with Crippen LogP contribution in [-0.4, -0.2) is 44.8 Å². The van der Waals surface area contributed by atoms with Gasteiger partial charge in [0.05, 0.1) is 13.7 Å². The first-order valence-corrected chi connectivity index (χ1v) is 8.61. The van der Waals surface area contributed by atoms with Crippen LogP contribution in [-0.2, 0) is 13.0 Å². The van der Waals surface area contributed by atoms with Crippen LogP contribution in [0.15, 0.2) is 48.5 Å². The minimum absolute atomic E-state index is 0.684. The van der Waals surface area contributed by atoms with Gasteiger partial charge in [-0.15, -0.1) is 0 Å². The van der Waals surface area contributed by atoms with Crippen molar-refractivity contribution < 1.29 is 9.47 Å². The minimum atomic E-state index is 0.684. The predicted molar refractivity (Wildman–Crippen MR) is 96.8 cm³/mol. The van der Waals surface area contributed by atoms with E-state index in [4.69, 9.17) is 9.47 Å². The van der Waals surface area contributed by atoms with E-state index in [0.29, 0.717) is 6.61 Å². The highest BCUT2D eigenvalue weighted by molar-refractivity contribution is 5.31. The highest BCUT2D eigenvalue weighted by atomic mass is 16.5. The van der Waals surface area contributed by atoms with E-state index in [-0.39, 0.29) is 0 Å². The molecule has 1 saturated heterocycles. The van der Waals surface area contributed by atoms with Crippen molar-refractivity contribution in [1.29, 1.82) is 0 Å². The zero-order valence-electron chi connectivity index (χ0n) is 14.3. The van der Waals surface area contributed by atoms with Crippen molar-refractivity contribution >= 4 is 0 Å². The largest absolute Gasteiger partial charge is 0.497 e. The lowest BCUT2D eigenvalue weighted by molar-refractivity contribution is 0.233. The van der Waals surface area contributed by atoms with Gasteiger partial charge in [0.1, 0.15) is 11.5 Å². The molecule has 4 heteroatoms. The Morgan fingerprint density at radius 2 is 1.50 bits per heavy atom. The van der Waals surface area contributed by atoms with Gasteiger partial charge in [-0.3, -0.25) is 4.90 Å². The number of ether oxygens (including phenoxy) is 2. The molecule has 128 valence electrons. The summed E-state index contributed by atoms with van der Waals surface area (Å²) in [6, 6.07) is 16.6. The molecule has 2 aromatic rings. The number of nitrogens with zero attached hydrogens (tertiary/aromatic N) is 1. The zero-order valence-corrected chi connectivity index (χ0v) is 14.3. The average molecular weight is 326 g/mol. The van der Waals surface area contributed by atoms with Crippen molar-refractivity contribution in [3.8, 4) is 11.5 Å². The zero-order chi connectivity index (χ0) is 16.6. The number of hydrogen-bond donors (Lipinski definition) is 1. The summed E-state index contributed by atoms with van der Waals surface area (Å²) in [5.74, 6) is 1.73. The topological polar surface area (TPSA) is 33.7 Å². The van der Waals surface area contributed by atoms with Crippen LogP contribution < -0.4 is 14.8 Å². The molecule has 1 aliphatic rings. The Morgan fingerprint density at radius 3 is 2.17 bits per heavy atom. The molecule has 1 heterocycles. The van der Waals surface area contributed by atoms with E-state index in [2.05, 4.69) is 34.5 Å². The quantitative estimate of drug-likeness (QED) is 0.848. The third-order valence-corrected chi connectivity index (χ3v) is 4.36. The maximum Gasteiger partial charge on any atom is 0.119 e. The molecule has 0 aliphatic carbocycles. The third kappa shape index (κ3) is 4.98. The first kappa shape index (κ1) is 16.8. The lowest BCUT2D eigenvalue weighted by Crippen LogP contribution is -2.42. The van der Waals surface area contributed by atoms with Crippen LogP contribution in [0.5, 0.6) is 11.5 Å². The molecular formula is C20H26N2O2. The number of rotatable bonds is 7. The van der Waals surface area contributed by atoms with Crippen LogP contribution in [0.4, 0.5) is 0 Å². The molecule has 2 aromatic carbocycles. The summed E-state index contributed by atoms with van der Waals surface area (Å²) >= 11 is 0. The minimum Gasteiger partial charge on any atom is -0.497 e. The van der Waals surface area contributed by atoms with Gasteiger partial charge in [-0.25, -0.2) is 0 Å². The number of piperazine rings is 1. The smallest absolute Gasteiger partial charge is 0.119 e. The number of methoxy groups -OCH3 is 1. The van der Waals surface area contributed by atoms with Gasteiger partial charge in [0, 0.05) is 39.1 Å². The van der Waals surface area contributed by atoms with Gasteiger partial charge in [-0.2, -0.15) is 0 Å². The molecule has 1 N–H and O–H groups in total. The van der Waals surface area contributed by atoms with Crippen LogP contribution in [0.2, 0.25) is 0 Å². The van der Waals surface area contributed by atoms with Crippen LogP contribution in [0, 0.1) is 0 Å². The van der Waals surface area contributed by atoms with Gasteiger partial charge in [-0.05, 0) is 35.4 Å².